The van der Waals surface area contributed by atoms with Crippen molar-refractivity contribution < 1.29 is 0 Å². The lowest BCUT2D eigenvalue weighted by molar-refractivity contribution is 0.334. The highest BCUT2D eigenvalue weighted by molar-refractivity contribution is 5.84. The largest absolute Gasteiger partial charge is 0.314 e. The van der Waals surface area contributed by atoms with Crippen LogP contribution in [0.4, 0.5) is 0 Å². The van der Waals surface area contributed by atoms with Gasteiger partial charge in [-0.05, 0) is 69.9 Å². The van der Waals surface area contributed by atoms with Gasteiger partial charge in [-0.3, -0.25) is 4.79 Å². The Hall–Kier alpha value is -1.62. The summed E-state index contributed by atoms with van der Waals surface area (Å²) in [4.78, 5) is 15.9. The van der Waals surface area contributed by atoms with Crippen LogP contribution in [0.15, 0.2) is 4.79 Å². The third-order valence-electron chi connectivity index (χ3n) is 6.83. The first kappa shape index (κ1) is 16.5. The van der Waals surface area contributed by atoms with Gasteiger partial charge in [0.2, 0.25) is 0 Å². The van der Waals surface area contributed by atoms with Crippen LogP contribution in [0, 0.1) is 0 Å². The molecule has 5 nitrogen and oxygen atoms in total. The molecule has 0 saturated heterocycles. The summed E-state index contributed by atoms with van der Waals surface area (Å²) in [5, 5.41) is 9.97. The van der Waals surface area contributed by atoms with Crippen LogP contribution < -0.4 is 10.9 Å². The zero-order chi connectivity index (χ0) is 17.5. The Balaban J connectivity index is 1.47. The van der Waals surface area contributed by atoms with Crippen LogP contribution in [0.5, 0.6) is 0 Å². The Kier molecular flexibility index (Phi) is 4.35. The van der Waals surface area contributed by atoms with Gasteiger partial charge in [0.1, 0.15) is 5.65 Å². The van der Waals surface area contributed by atoms with E-state index in [0.29, 0.717) is 5.92 Å². The van der Waals surface area contributed by atoms with E-state index >= 15 is 0 Å². The summed E-state index contributed by atoms with van der Waals surface area (Å²) < 4.78 is 2.10. The highest BCUT2D eigenvalue weighted by Gasteiger charge is 2.29. The number of hydrogen-bond donors (Lipinski definition) is 2. The van der Waals surface area contributed by atoms with E-state index in [2.05, 4.69) is 15.0 Å². The first-order chi connectivity index (χ1) is 12.8. The molecule has 5 rings (SSSR count). The van der Waals surface area contributed by atoms with E-state index in [1.807, 2.05) is 0 Å². The molecule has 0 atom stereocenters. The number of aryl methyl sites for hydroxylation is 2. The van der Waals surface area contributed by atoms with Gasteiger partial charge in [-0.1, -0.05) is 12.8 Å². The van der Waals surface area contributed by atoms with Gasteiger partial charge in [-0.25, -0.2) is 4.68 Å². The number of aromatic nitrogens is 3. The van der Waals surface area contributed by atoms with E-state index in [9.17, 15) is 4.79 Å². The number of fused-ring (bicyclic) bond motifs is 3. The van der Waals surface area contributed by atoms with Crippen molar-refractivity contribution >= 4 is 11.0 Å². The Bertz CT molecular complexity index is 857. The number of aromatic amines is 1. The molecule has 5 heteroatoms. The fraction of sp³-hybridized carbons (Fsp3) is 0.714. The van der Waals surface area contributed by atoms with Crippen LogP contribution in [0.3, 0.4) is 0 Å². The van der Waals surface area contributed by atoms with Crippen LogP contribution in [0.1, 0.15) is 80.5 Å². The highest BCUT2D eigenvalue weighted by atomic mass is 16.1. The smallest absolute Gasteiger partial charge is 0.253 e. The van der Waals surface area contributed by atoms with Crippen molar-refractivity contribution in [1.82, 2.24) is 20.1 Å². The fourth-order valence-electron chi connectivity index (χ4n) is 4.80. The summed E-state index contributed by atoms with van der Waals surface area (Å²) in [5.74, 6) is 0.601. The van der Waals surface area contributed by atoms with Crippen molar-refractivity contribution in [3.05, 3.63) is 27.2 Å². The Morgan fingerprint density at radius 2 is 1.81 bits per heavy atom. The third kappa shape index (κ3) is 2.81. The fourth-order valence-corrected chi connectivity index (χ4v) is 4.80. The maximum atomic E-state index is 12.6. The number of nitrogens with one attached hydrogen (secondary N) is 2. The van der Waals surface area contributed by atoms with Crippen LogP contribution in [0.25, 0.3) is 11.0 Å². The van der Waals surface area contributed by atoms with Gasteiger partial charge in [0.15, 0.2) is 0 Å². The maximum Gasteiger partial charge on any atom is 0.253 e. The van der Waals surface area contributed by atoms with Crippen LogP contribution in [-0.2, 0) is 19.4 Å². The van der Waals surface area contributed by atoms with E-state index < -0.39 is 0 Å². The lowest BCUT2D eigenvalue weighted by Gasteiger charge is -2.26. The van der Waals surface area contributed by atoms with Crippen molar-refractivity contribution in [3.63, 3.8) is 0 Å². The molecule has 2 aromatic heterocycles. The predicted molar refractivity (Wildman–Crippen MR) is 104 cm³/mol. The zero-order valence-electron chi connectivity index (χ0n) is 15.6. The molecule has 2 N–H and O–H groups in total. The second kappa shape index (κ2) is 6.84. The number of rotatable bonds is 6. The summed E-state index contributed by atoms with van der Waals surface area (Å²) in [6.07, 6.45) is 13.2. The highest BCUT2D eigenvalue weighted by Crippen LogP contribution is 2.40. The summed E-state index contributed by atoms with van der Waals surface area (Å²) >= 11 is 0. The molecule has 0 unspecified atom stereocenters. The molecule has 0 bridgehead atoms. The second-order valence-corrected chi connectivity index (χ2v) is 8.51. The molecule has 140 valence electrons. The SMILES string of the molecule is O=c1[nH]c2c(c(C3CCC3)nn2CCCNC2CCC2)c2c1CCCC2. The van der Waals surface area contributed by atoms with Gasteiger partial charge in [0.05, 0.1) is 5.69 Å². The number of pyridine rings is 1. The van der Waals surface area contributed by atoms with Crippen molar-refractivity contribution in [1.29, 1.82) is 0 Å². The summed E-state index contributed by atoms with van der Waals surface area (Å²) in [5.41, 5.74) is 4.74. The van der Waals surface area contributed by atoms with Crippen molar-refractivity contribution in [2.45, 2.75) is 89.1 Å². The monoisotopic (exact) mass is 354 g/mol. The average molecular weight is 354 g/mol. The van der Waals surface area contributed by atoms with Gasteiger partial charge >= 0.3 is 0 Å². The van der Waals surface area contributed by atoms with Crippen molar-refractivity contribution in [3.8, 4) is 0 Å². The van der Waals surface area contributed by atoms with E-state index in [0.717, 1.165) is 56.0 Å². The van der Waals surface area contributed by atoms with Crippen molar-refractivity contribution in [2.75, 3.05) is 6.54 Å². The molecule has 26 heavy (non-hydrogen) atoms. The third-order valence-corrected chi connectivity index (χ3v) is 6.83. The minimum absolute atomic E-state index is 0.126. The first-order valence-electron chi connectivity index (χ1n) is 10.7. The van der Waals surface area contributed by atoms with Crippen LogP contribution in [0.2, 0.25) is 0 Å². The van der Waals surface area contributed by atoms with E-state index in [1.165, 1.54) is 61.6 Å². The van der Waals surface area contributed by atoms with Crippen LogP contribution >= 0.6 is 0 Å². The molecule has 0 aliphatic heterocycles. The molecule has 2 fully saturated rings. The predicted octanol–water partition coefficient (Wildman–Crippen LogP) is 3.40. The number of hydrogen-bond acceptors (Lipinski definition) is 3. The molecular weight excluding hydrogens is 324 g/mol. The standard InChI is InChI=1S/C21H30N4O/c26-21-17-11-2-1-10-16(17)18-19(14-6-3-7-14)24-25(20(18)23-21)13-5-12-22-15-8-4-9-15/h14-15,22H,1-13H2,(H,23,26). The quantitative estimate of drug-likeness (QED) is 0.782. The molecule has 0 spiro atoms. The van der Waals surface area contributed by atoms with Crippen LogP contribution in [-0.4, -0.2) is 27.4 Å². The maximum absolute atomic E-state index is 12.6. The Morgan fingerprint density at radius 1 is 1.04 bits per heavy atom. The molecule has 0 aromatic carbocycles. The minimum Gasteiger partial charge on any atom is -0.314 e. The van der Waals surface area contributed by atoms with E-state index in [1.54, 1.807) is 0 Å². The summed E-state index contributed by atoms with van der Waals surface area (Å²) in [6, 6.07) is 0.738. The van der Waals surface area contributed by atoms with E-state index in [4.69, 9.17) is 5.10 Å². The Morgan fingerprint density at radius 3 is 2.50 bits per heavy atom. The first-order valence-corrected chi connectivity index (χ1v) is 10.7. The van der Waals surface area contributed by atoms with Gasteiger partial charge in [0.25, 0.3) is 5.56 Å². The minimum atomic E-state index is 0.126. The molecular formula is C21H30N4O. The van der Waals surface area contributed by atoms with Crippen molar-refractivity contribution in [2.24, 2.45) is 0 Å². The number of H-pyrrole nitrogens is 1. The summed E-state index contributed by atoms with van der Waals surface area (Å²) in [6.45, 7) is 1.93. The molecule has 2 saturated carbocycles. The molecule has 2 aromatic rings. The normalized spacial score (nSPS) is 20.8. The molecule has 0 radical (unpaired) electrons. The molecule has 0 amide bonds. The zero-order valence-corrected chi connectivity index (χ0v) is 15.6. The number of nitrogens with zero attached hydrogens (tertiary/aromatic N) is 2. The average Bonchev–Trinajstić information content (AvgIpc) is 2.90. The summed E-state index contributed by atoms with van der Waals surface area (Å²) in [7, 11) is 0. The molecule has 3 aliphatic carbocycles. The Labute approximate surface area is 154 Å². The molecule has 3 aliphatic rings. The van der Waals surface area contributed by atoms with Gasteiger partial charge < -0.3 is 10.3 Å². The van der Waals surface area contributed by atoms with Gasteiger partial charge in [-0.2, -0.15) is 5.10 Å². The topological polar surface area (TPSA) is 62.7 Å². The van der Waals surface area contributed by atoms with Gasteiger partial charge in [0, 0.05) is 29.5 Å². The second-order valence-electron chi connectivity index (χ2n) is 8.51. The van der Waals surface area contributed by atoms with Gasteiger partial charge in [-0.15, -0.1) is 0 Å². The lowest BCUT2D eigenvalue weighted by Crippen LogP contribution is -2.35. The molecule has 2 heterocycles. The van der Waals surface area contributed by atoms with E-state index in [-0.39, 0.29) is 5.56 Å². The lowest BCUT2D eigenvalue weighted by atomic mass is 9.80.